The van der Waals surface area contributed by atoms with E-state index in [1.54, 1.807) is 13.1 Å². The van der Waals surface area contributed by atoms with Crippen LogP contribution in [0.1, 0.15) is 20.3 Å². The second-order valence-electron chi connectivity index (χ2n) is 6.05. The van der Waals surface area contributed by atoms with Crippen molar-refractivity contribution in [1.82, 2.24) is 5.32 Å². The summed E-state index contributed by atoms with van der Waals surface area (Å²) in [6, 6.07) is 5.09. The minimum absolute atomic E-state index is 0. The molecule has 2 heterocycles. The highest BCUT2D eigenvalue weighted by atomic mass is 19.4. The van der Waals surface area contributed by atoms with Crippen molar-refractivity contribution in [1.29, 1.82) is 0 Å². The lowest BCUT2D eigenvalue weighted by molar-refractivity contribution is -0.578. The fourth-order valence-electron chi connectivity index (χ4n) is 2.93. The van der Waals surface area contributed by atoms with Crippen molar-refractivity contribution in [3.8, 4) is 0 Å². The van der Waals surface area contributed by atoms with E-state index in [2.05, 4.69) is 10.4 Å². The predicted molar refractivity (Wildman–Crippen MR) is 87.6 cm³/mol. The van der Waals surface area contributed by atoms with Gasteiger partial charge in [-0.1, -0.05) is 11.6 Å². The Morgan fingerprint density at radius 1 is 1.40 bits per heavy atom. The second kappa shape index (κ2) is 6.85. The number of carbonyl (C=O) groups excluding carboxylic acids is 1. The molecule has 1 fully saturated rings. The van der Waals surface area contributed by atoms with E-state index in [1.807, 2.05) is 15.7 Å². The Bertz CT molecular complexity index is 703. The van der Waals surface area contributed by atoms with Crippen molar-refractivity contribution in [2.24, 2.45) is 11.0 Å². The molecule has 25 heavy (non-hydrogen) atoms. The molecular weight excluding hydrogens is 333 g/mol. The Balaban J connectivity index is 0.00000243. The van der Waals surface area contributed by atoms with Crippen LogP contribution in [0.15, 0.2) is 41.7 Å². The fourth-order valence-corrected chi connectivity index (χ4v) is 2.93. The standard InChI is InChI=1S/C17H19F3N4O.H2/c1-2-15(25)21-9-12-10-23(16-7-8-22-24(16)11-12)14-5-3-13(4-6-14)17(18,19)20;/h3-8,12H,2,9-11H2,1H3,(H,21,25);1H/q+1;. The van der Waals surface area contributed by atoms with Crippen LogP contribution in [0.5, 0.6) is 0 Å². The molecule has 8 heteroatoms. The Kier molecular flexibility index (Phi) is 4.78. The van der Waals surface area contributed by atoms with E-state index in [4.69, 9.17) is 0 Å². The molecule has 2 aliphatic rings. The summed E-state index contributed by atoms with van der Waals surface area (Å²) in [4.78, 5) is 13.4. The molecule has 2 aliphatic heterocycles. The molecule has 1 N–H and O–H groups in total. The zero-order valence-electron chi connectivity index (χ0n) is 13.8. The topological polar surface area (TPSA) is 47.7 Å². The molecule has 0 aliphatic carbocycles. The van der Waals surface area contributed by atoms with Gasteiger partial charge >= 0.3 is 12.3 Å². The van der Waals surface area contributed by atoms with Gasteiger partial charge in [0.15, 0.2) is 6.54 Å². The largest absolute Gasteiger partial charge is 0.416 e. The minimum Gasteiger partial charge on any atom is -0.356 e. The summed E-state index contributed by atoms with van der Waals surface area (Å²) in [6.45, 7) is 3.55. The van der Waals surface area contributed by atoms with Gasteiger partial charge in [0, 0.05) is 32.7 Å². The number of halogens is 3. The molecule has 1 aromatic carbocycles. The average Bonchev–Trinajstić information content (AvgIpc) is 3.06. The maximum absolute atomic E-state index is 12.8. The van der Waals surface area contributed by atoms with Gasteiger partial charge in [-0.3, -0.25) is 9.69 Å². The summed E-state index contributed by atoms with van der Waals surface area (Å²) in [5.74, 6) is 0.0949. The van der Waals surface area contributed by atoms with Crippen LogP contribution in [0, 0.1) is 12.1 Å². The Morgan fingerprint density at radius 3 is 2.76 bits per heavy atom. The molecule has 1 saturated heterocycles. The first kappa shape index (κ1) is 17.4. The number of anilines is 1. The van der Waals surface area contributed by atoms with Gasteiger partial charge in [-0.25, -0.2) is 0 Å². The molecule has 0 bridgehead atoms. The molecule has 1 aromatic rings. The van der Waals surface area contributed by atoms with E-state index < -0.39 is 11.7 Å². The number of hydrogen-bond donors (Lipinski definition) is 1. The number of fused-ring (bicyclic) bond motifs is 1. The van der Waals surface area contributed by atoms with Crippen LogP contribution < -0.4 is 10.2 Å². The second-order valence-corrected chi connectivity index (χ2v) is 6.05. The van der Waals surface area contributed by atoms with Crippen LogP contribution in [0.3, 0.4) is 0 Å². The van der Waals surface area contributed by atoms with Crippen LogP contribution in [-0.4, -0.2) is 30.2 Å². The maximum Gasteiger partial charge on any atom is 0.416 e. The molecule has 0 aromatic heterocycles. The number of nitrogens with one attached hydrogen (secondary N) is 1. The molecule has 0 saturated carbocycles. The number of azo groups is 2. The zero-order chi connectivity index (χ0) is 18.0. The van der Waals surface area contributed by atoms with Crippen LogP contribution in [0.25, 0.3) is 0 Å². The first-order valence-electron chi connectivity index (χ1n) is 8.11. The molecule has 1 radical (unpaired) electrons. The summed E-state index contributed by atoms with van der Waals surface area (Å²) >= 11 is 0. The summed E-state index contributed by atoms with van der Waals surface area (Å²) in [7, 11) is 0. The van der Waals surface area contributed by atoms with Gasteiger partial charge in [0.05, 0.1) is 17.7 Å². The van der Waals surface area contributed by atoms with E-state index in [0.29, 0.717) is 31.7 Å². The van der Waals surface area contributed by atoms with Gasteiger partial charge < -0.3 is 5.32 Å². The number of amides is 1. The third-order valence-electron chi connectivity index (χ3n) is 4.26. The monoisotopic (exact) mass is 354 g/mol. The maximum atomic E-state index is 12.8. The number of nitrogens with zero attached hydrogens (tertiary/aromatic N) is 3. The van der Waals surface area contributed by atoms with Gasteiger partial charge in [-0.2, -0.15) is 13.2 Å². The molecule has 135 valence electrons. The van der Waals surface area contributed by atoms with Crippen LogP contribution >= 0.6 is 0 Å². The Hall–Kier alpha value is -2.38. The van der Waals surface area contributed by atoms with E-state index in [0.717, 1.165) is 18.3 Å². The predicted octanol–water partition coefficient (Wildman–Crippen LogP) is 3.40. The summed E-state index contributed by atoms with van der Waals surface area (Å²) in [6.07, 6.45) is 0.396. The van der Waals surface area contributed by atoms with Crippen molar-refractivity contribution in [3.05, 3.63) is 48.3 Å². The molecule has 1 unspecified atom stereocenters. The van der Waals surface area contributed by atoms with Crippen molar-refractivity contribution in [3.63, 3.8) is 0 Å². The highest BCUT2D eigenvalue weighted by Crippen LogP contribution is 2.34. The minimum atomic E-state index is -4.35. The van der Waals surface area contributed by atoms with E-state index in [-0.39, 0.29) is 13.3 Å². The zero-order valence-corrected chi connectivity index (χ0v) is 13.8. The molecular formula is C17H21F3N4O+. The van der Waals surface area contributed by atoms with E-state index >= 15 is 0 Å². The summed E-state index contributed by atoms with van der Waals surface area (Å²) < 4.78 is 40.1. The number of carbonyl (C=O) groups is 1. The lowest BCUT2D eigenvalue weighted by Gasteiger charge is -2.33. The van der Waals surface area contributed by atoms with Crippen molar-refractivity contribution < 1.29 is 24.1 Å². The Labute approximate surface area is 145 Å². The van der Waals surface area contributed by atoms with Gasteiger partial charge in [0.2, 0.25) is 5.91 Å². The van der Waals surface area contributed by atoms with Crippen LogP contribution in [0.4, 0.5) is 18.9 Å². The number of hydrogen-bond acceptors (Lipinski definition) is 3. The van der Waals surface area contributed by atoms with Gasteiger partial charge in [0.1, 0.15) is 0 Å². The SMILES string of the molecule is CCC(=O)NCC1CN(c2ccc(C(F)(F)F)cc2)[C]2C=CN=[N+]2C1.[HH]. The fraction of sp³-hybridized carbons (Fsp3) is 0.412. The van der Waals surface area contributed by atoms with Crippen molar-refractivity contribution in [2.45, 2.75) is 19.5 Å². The van der Waals surface area contributed by atoms with Crippen molar-refractivity contribution >= 4 is 11.6 Å². The van der Waals surface area contributed by atoms with Crippen molar-refractivity contribution in [2.75, 3.05) is 24.5 Å². The third kappa shape index (κ3) is 3.83. The van der Waals surface area contributed by atoms with Gasteiger partial charge in [0.25, 0.3) is 0 Å². The first-order chi connectivity index (χ1) is 11.9. The molecule has 1 amide bonds. The van der Waals surface area contributed by atoms with Gasteiger partial charge in [-0.15, -0.1) is 0 Å². The number of benzene rings is 1. The molecule has 0 spiro atoms. The van der Waals surface area contributed by atoms with Crippen LogP contribution in [0.2, 0.25) is 0 Å². The summed E-state index contributed by atoms with van der Waals surface area (Å²) in [5, 5.41) is 7.14. The van der Waals surface area contributed by atoms with E-state index in [1.165, 1.54) is 12.1 Å². The lowest BCUT2D eigenvalue weighted by atomic mass is 10.0. The molecule has 5 nitrogen and oxygen atoms in total. The smallest absolute Gasteiger partial charge is 0.356 e. The highest BCUT2D eigenvalue weighted by molar-refractivity contribution is 5.75. The highest BCUT2D eigenvalue weighted by Gasteiger charge is 2.42. The lowest BCUT2D eigenvalue weighted by Crippen LogP contribution is -2.49. The quantitative estimate of drug-likeness (QED) is 0.843. The third-order valence-corrected chi connectivity index (χ3v) is 4.26. The number of alkyl halides is 3. The van der Waals surface area contributed by atoms with E-state index in [9.17, 15) is 18.0 Å². The normalized spacial score (nSPS) is 20.4. The Morgan fingerprint density at radius 2 is 2.12 bits per heavy atom. The first-order valence-corrected chi connectivity index (χ1v) is 8.11. The molecule has 1 atom stereocenters. The number of rotatable bonds is 4. The summed E-state index contributed by atoms with van der Waals surface area (Å²) in [5.41, 5.74) is -0.00482. The average molecular weight is 354 g/mol. The van der Waals surface area contributed by atoms with Gasteiger partial charge in [-0.05, 0) is 29.4 Å². The molecule has 3 rings (SSSR count). The van der Waals surface area contributed by atoms with Crippen LogP contribution in [-0.2, 0) is 11.0 Å².